The molecule has 1 fully saturated rings. The standard InChI is InChI=1S/C27H35ClN2O3S/c1-3-25(27(32)29-23-9-5-4-6-10-23)30(17-21-8-7-11-24(16-21)33-2)26(31)19-34-18-20-12-14-22(28)15-13-20/h7-8,11-16,23,25H,3-6,9-10,17-19H2,1-2H3,(H,29,32). The molecule has 2 aromatic carbocycles. The number of carbonyl (C=O) groups excluding carboxylic acids is 2. The second kappa shape index (κ2) is 13.6. The Kier molecular flexibility index (Phi) is 10.6. The molecule has 7 heteroatoms. The number of halogens is 1. The van der Waals surface area contributed by atoms with Gasteiger partial charge in [0.25, 0.3) is 0 Å². The van der Waals surface area contributed by atoms with Crippen LogP contribution < -0.4 is 10.1 Å². The van der Waals surface area contributed by atoms with Crippen molar-refractivity contribution in [3.8, 4) is 5.75 Å². The second-order valence-electron chi connectivity index (χ2n) is 8.76. The summed E-state index contributed by atoms with van der Waals surface area (Å²) in [5.74, 6) is 1.67. The normalized spacial score (nSPS) is 14.9. The van der Waals surface area contributed by atoms with Gasteiger partial charge in [-0.2, -0.15) is 0 Å². The molecular formula is C27H35ClN2O3S. The molecule has 1 aliphatic rings. The molecule has 1 N–H and O–H groups in total. The van der Waals surface area contributed by atoms with Crippen molar-refractivity contribution in [2.24, 2.45) is 0 Å². The van der Waals surface area contributed by atoms with E-state index in [-0.39, 0.29) is 17.9 Å². The fourth-order valence-electron chi connectivity index (χ4n) is 4.35. The number of carbonyl (C=O) groups is 2. The molecule has 2 amide bonds. The van der Waals surface area contributed by atoms with Crippen molar-refractivity contribution in [2.45, 2.75) is 69.8 Å². The lowest BCUT2D eigenvalue weighted by atomic mass is 9.95. The first kappa shape index (κ1) is 26.4. The van der Waals surface area contributed by atoms with Crippen LogP contribution in [-0.2, 0) is 21.9 Å². The van der Waals surface area contributed by atoms with E-state index in [2.05, 4.69) is 5.32 Å². The van der Waals surface area contributed by atoms with Crippen LogP contribution in [0.3, 0.4) is 0 Å². The first-order valence-electron chi connectivity index (χ1n) is 12.0. The smallest absolute Gasteiger partial charge is 0.243 e. The largest absolute Gasteiger partial charge is 0.497 e. The Labute approximate surface area is 212 Å². The molecule has 1 unspecified atom stereocenters. The van der Waals surface area contributed by atoms with Crippen LogP contribution in [0.2, 0.25) is 5.02 Å². The lowest BCUT2D eigenvalue weighted by molar-refractivity contribution is -0.139. The number of benzene rings is 2. The molecular weight excluding hydrogens is 468 g/mol. The molecule has 0 heterocycles. The van der Waals surface area contributed by atoms with Crippen molar-refractivity contribution < 1.29 is 14.3 Å². The van der Waals surface area contributed by atoms with E-state index in [1.165, 1.54) is 6.42 Å². The van der Waals surface area contributed by atoms with Crippen LogP contribution in [0.25, 0.3) is 0 Å². The van der Waals surface area contributed by atoms with Gasteiger partial charge in [-0.25, -0.2) is 0 Å². The molecule has 1 atom stereocenters. The van der Waals surface area contributed by atoms with Gasteiger partial charge in [-0.1, -0.05) is 62.1 Å². The number of hydrogen-bond acceptors (Lipinski definition) is 4. The van der Waals surface area contributed by atoms with Gasteiger partial charge in [0, 0.05) is 23.4 Å². The predicted octanol–water partition coefficient (Wildman–Crippen LogP) is 5.84. The summed E-state index contributed by atoms with van der Waals surface area (Å²) in [5, 5.41) is 3.92. The van der Waals surface area contributed by atoms with E-state index in [1.54, 1.807) is 23.8 Å². The summed E-state index contributed by atoms with van der Waals surface area (Å²) in [6, 6.07) is 15.1. The Hall–Kier alpha value is -2.18. The summed E-state index contributed by atoms with van der Waals surface area (Å²) in [6.45, 7) is 2.34. The van der Waals surface area contributed by atoms with E-state index in [0.717, 1.165) is 42.6 Å². The lowest BCUT2D eigenvalue weighted by Crippen LogP contribution is -2.52. The van der Waals surface area contributed by atoms with Gasteiger partial charge in [-0.3, -0.25) is 9.59 Å². The van der Waals surface area contributed by atoms with E-state index in [9.17, 15) is 9.59 Å². The van der Waals surface area contributed by atoms with Crippen LogP contribution in [0.1, 0.15) is 56.6 Å². The quantitative estimate of drug-likeness (QED) is 0.419. The number of nitrogens with one attached hydrogen (secondary N) is 1. The number of amides is 2. The highest BCUT2D eigenvalue weighted by molar-refractivity contribution is 7.99. The average Bonchev–Trinajstić information content (AvgIpc) is 2.85. The van der Waals surface area contributed by atoms with Crippen LogP contribution in [0.5, 0.6) is 5.75 Å². The Morgan fingerprint density at radius 2 is 1.85 bits per heavy atom. The van der Waals surface area contributed by atoms with Crippen molar-refractivity contribution in [3.63, 3.8) is 0 Å². The molecule has 0 radical (unpaired) electrons. The van der Waals surface area contributed by atoms with Gasteiger partial charge < -0.3 is 15.0 Å². The zero-order valence-electron chi connectivity index (χ0n) is 20.1. The van der Waals surface area contributed by atoms with Crippen LogP contribution in [0, 0.1) is 0 Å². The highest BCUT2D eigenvalue weighted by atomic mass is 35.5. The van der Waals surface area contributed by atoms with Crippen LogP contribution >= 0.6 is 23.4 Å². The minimum absolute atomic E-state index is 0.0348. The topological polar surface area (TPSA) is 58.6 Å². The first-order chi connectivity index (χ1) is 16.5. The molecule has 5 nitrogen and oxygen atoms in total. The number of ether oxygens (including phenoxy) is 1. The molecule has 0 spiro atoms. The first-order valence-corrected chi connectivity index (χ1v) is 13.6. The van der Waals surface area contributed by atoms with Crippen molar-refractivity contribution in [1.82, 2.24) is 10.2 Å². The van der Waals surface area contributed by atoms with E-state index >= 15 is 0 Å². The summed E-state index contributed by atoms with van der Waals surface area (Å²) in [6.07, 6.45) is 6.13. The second-order valence-corrected chi connectivity index (χ2v) is 10.2. The molecule has 3 rings (SSSR count). The third-order valence-electron chi connectivity index (χ3n) is 6.23. The summed E-state index contributed by atoms with van der Waals surface area (Å²) in [5.41, 5.74) is 2.06. The number of nitrogens with zero attached hydrogens (tertiary/aromatic N) is 1. The third-order valence-corrected chi connectivity index (χ3v) is 7.47. The monoisotopic (exact) mass is 502 g/mol. The van der Waals surface area contributed by atoms with Crippen molar-refractivity contribution in [2.75, 3.05) is 12.9 Å². The maximum Gasteiger partial charge on any atom is 0.243 e. The SMILES string of the molecule is CCC(C(=O)NC1CCCCC1)N(Cc1cccc(OC)c1)C(=O)CSCc1ccc(Cl)cc1. The average molecular weight is 503 g/mol. The van der Waals surface area contributed by atoms with Crippen molar-refractivity contribution in [1.29, 1.82) is 0 Å². The maximum atomic E-state index is 13.4. The molecule has 1 aliphatic carbocycles. The Bertz CT molecular complexity index is 932. The van der Waals surface area contributed by atoms with E-state index in [1.807, 2.05) is 55.5 Å². The lowest BCUT2D eigenvalue weighted by Gasteiger charge is -2.32. The minimum atomic E-state index is -0.503. The van der Waals surface area contributed by atoms with Crippen LogP contribution in [0.4, 0.5) is 0 Å². The molecule has 0 aliphatic heterocycles. The highest BCUT2D eigenvalue weighted by Gasteiger charge is 2.30. The number of hydrogen-bond donors (Lipinski definition) is 1. The molecule has 0 aromatic heterocycles. The molecule has 2 aromatic rings. The molecule has 1 saturated carbocycles. The Morgan fingerprint density at radius 3 is 2.53 bits per heavy atom. The van der Waals surface area contributed by atoms with Gasteiger partial charge in [0.2, 0.25) is 11.8 Å². The van der Waals surface area contributed by atoms with Gasteiger partial charge in [0.1, 0.15) is 11.8 Å². The van der Waals surface area contributed by atoms with Gasteiger partial charge in [0.15, 0.2) is 0 Å². The highest BCUT2D eigenvalue weighted by Crippen LogP contribution is 2.22. The summed E-state index contributed by atoms with van der Waals surface area (Å²) < 4.78 is 5.36. The number of rotatable bonds is 11. The van der Waals surface area contributed by atoms with Gasteiger partial charge >= 0.3 is 0 Å². The van der Waals surface area contributed by atoms with Gasteiger partial charge in [-0.05, 0) is 54.7 Å². The van der Waals surface area contributed by atoms with E-state index < -0.39 is 6.04 Å². The van der Waals surface area contributed by atoms with Crippen LogP contribution in [0.15, 0.2) is 48.5 Å². The van der Waals surface area contributed by atoms with Crippen molar-refractivity contribution in [3.05, 3.63) is 64.7 Å². The van der Waals surface area contributed by atoms with E-state index in [4.69, 9.17) is 16.3 Å². The van der Waals surface area contributed by atoms with Crippen LogP contribution in [-0.4, -0.2) is 41.7 Å². The molecule has 34 heavy (non-hydrogen) atoms. The minimum Gasteiger partial charge on any atom is -0.497 e. The fraction of sp³-hybridized carbons (Fsp3) is 0.481. The molecule has 0 saturated heterocycles. The summed E-state index contributed by atoms with van der Waals surface area (Å²) >= 11 is 7.52. The summed E-state index contributed by atoms with van der Waals surface area (Å²) in [7, 11) is 1.63. The summed E-state index contributed by atoms with van der Waals surface area (Å²) in [4.78, 5) is 28.4. The maximum absolute atomic E-state index is 13.4. The third kappa shape index (κ3) is 7.95. The molecule has 0 bridgehead atoms. The van der Waals surface area contributed by atoms with Gasteiger partial charge in [0.05, 0.1) is 12.9 Å². The van der Waals surface area contributed by atoms with Crippen molar-refractivity contribution >= 4 is 35.2 Å². The number of methoxy groups -OCH3 is 1. The molecule has 184 valence electrons. The predicted molar refractivity (Wildman–Crippen MR) is 140 cm³/mol. The Morgan fingerprint density at radius 1 is 1.12 bits per heavy atom. The van der Waals surface area contributed by atoms with Gasteiger partial charge in [-0.15, -0.1) is 11.8 Å². The Balaban J connectivity index is 1.71. The fourth-order valence-corrected chi connectivity index (χ4v) is 5.35. The van der Waals surface area contributed by atoms with E-state index in [0.29, 0.717) is 29.5 Å². The number of thioether (sulfide) groups is 1. The zero-order chi connectivity index (χ0) is 24.3. The zero-order valence-corrected chi connectivity index (χ0v) is 21.7.